The average molecular weight is 375 g/mol. The summed E-state index contributed by atoms with van der Waals surface area (Å²) in [6.07, 6.45) is 4.36. The quantitative estimate of drug-likeness (QED) is 0.552. The number of Topliss-reactive ketones (excluding diaryl/α,β-unsaturated/α-hetero) is 1. The van der Waals surface area contributed by atoms with Crippen molar-refractivity contribution < 1.29 is 14.6 Å². The van der Waals surface area contributed by atoms with Crippen molar-refractivity contribution in [3.8, 4) is 5.75 Å². The van der Waals surface area contributed by atoms with Crippen LogP contribution in [0.15, 0.2) is 77.0 Å². The lowest BCUT2D eigenvalue weighted by molar-refractivity contribution is -0.117. The predicted molar refractivity (Wildman–Crippen MR) is 113 cm³/mol. The fraction of sp³-hybridized carbons (Fsp3) is 0.250. The molecule has 1 aliphatic rings. The van der Waals surface area contributed by atoms with Crippen molar-refractivity contribution >= 4 is 23.3 Å². The number of aliphatic hydroxyl groups is 1. The SMILES string of the molecule is COc1ccc(N=C2CC(C)(C)CC(=O)/C2=C(/O)C=Cc2ccccc2)cc1. The molecular weight excluding hydrogens is 350 g/mol. The monoisotopic (exact) mass is 375 g/mol. The summed E-state index contributed by atoms with van der Waals surface area (Å²) in [5.74, 6) is 0.615. The van der Waals surface area contributed by atoms with Gasteiger partial charge >= 0.3 is 0 Å². The van der Waals surface area contributed by atoms with Crippen LogP contribution in [-0.4, -0.2) is 23.7 Å². The van der Waals surface area contributed by atoms with Gasteiger partial charge in [-0.05, 0) is 47.7 Å². The summed E-state index contributed by atoms with van der Waals surface area (Å²) in [5.41, 5.74) is 2.39. The van der Waals surface area contributed by atoms with E-state index in [4.69, 9.17) is 4.74 Å². The van der Waals surface area contributed by atoms with Gasteiger partial charge in [-0.3, -0.25) is 9.79 Å². The molecule has 3 rings (SSSR count). The highest BCUT2D eigenvalue weighted by molar-refractivity contribution is 6.25. The van der Waals surface area contributed by atoms with E-state index in [0.29, 0.717) is 24.1 Å². The molecule has 4 heteroatoms. The molecule has 0 atom stereocenters. The third-order valence-corrected chi connectivity index (χ3v) is 4.68. The van der Waals surface area contributed by atoms with Crippen LogP contribution in [0.1, 0.15) is 32.3 Å². The first kappa shape index (κ1) is 19.6. The Morgan fingerprint density at radius 1 is 1.07 bits per heavy atom. The van der Waals surface area contributed by atoms with E-state index in [1.54, 1.807) is 19.3 Å². The predicted octanol–water partition coefficient (Wildman–Crippen LogP) is 5.68. The molecule has 0 spiro atoms. The molecule has 0 aliphatic heterocycles. The maximum Gasteiger partial charge on any atom is 0.168 e. The first-order chi connectivity index (χ1) is 13.4. The molecule has 1 aliphatic carbocycles. The van der Waals surface area contributed by atoms with Gasteiger partial charge < -0.3 is 9.84 Å². The van der Waals surface area contributed by atoms with Crippen LogP contribution >= 0.6 is 0 Å². The van der Waals surface area contributed by atoms with Crippen molar-refractivity contribution in [3.63, 3.8) is 0 Å². The summed E-state index contributed by atoms with van der Waals surface area (Å²) in [4.78, 5) is 17.5. The number of methoxy groups -OCH3 is 1. The molecule has 28 heavy (non-hydrogen) atoms. The minimum Gasteiger partial charge on any atom is -0.507 e. The van der Waals surface area contributed by atoms with Gasteiger partial charge in [0.05, 0.1) is 24.1 Å². The summed E-state index contributed by atoms with van der Waals surface area (Å²) in [6.45, 7) is 4.09. The van der Waals surface area contributed by atoms with Gasteiger partial charge in [0.1, 0.15) is 11.5 Å². The number of benzene rings is 2. The Hall–Kier alpha value is -3.14. The Bertz CT molecular complexity index is 936. The third-order valence-electron chi connectivity index (χ3n) is 4.68. The van der Waals surface area contributed by atoms with E-state index in [-0.39, 0.29) is 17.0 Å². The molecule has 0 bridgehead atoms. The number of rotatable bonds is 4. The Kier molecular flexibility index (Phi) is 5.78. The molecule has 144 valence electrons. The van der Waals surface area contributed by atoms with E-state index in [9.17, 15) is 9.90 Å². The summed E-state index contributed by atoms with van der Waals surface area (Å²) in [6, 6.07) is 17.0. The Balaban J connectivity index is 2.00. The molecule has 2 aromatic rings. The number of carbonyl (C=O) groups excluding carboxylic acids is 1. The molecule has 0 radical (unpaired) electrons. The average Bonchev–Trinajstić information content (AvgIpc) is 2.66. The van der Waals surface area contributed by atoms with Crippen molar-refractivity contribution in [1.29, 1.82) is 0 Å². The van der Waals surface area contributed by atoms with E-state index in [1.165, 1.54) is 0 Å². The molecule has 2 aromatic carbocycles. The topological polar surface area (TPSA) is 58.9 Å². The normalized spacial score (nSPS) is 19.8. The van der Waals surface area contributed by atoms with E-state index < -0.39 is 0 Å². The standard InChI is InChI=1S/C24H25NO3/c1-24(2)15-20(25-18-10-12-19(28-3)13-11-18)23(22(27)16-24)21(26)14-9-17-7-5-4-6-8-17/h4-14,26H,15-16H2,1-3H3/b14-9?,23-21+,25-20?. The summed E-state index contributed by atoms with van der Waals surface area (Å²) < 4.78 is 5.18. The zero-order chi connectivity index (χ0) is 20.1. The molecule has 0 aromatic heterocycles. The van der Waals surface area contributed by atoms with Crippen molar-refractivity contribution in [1.82, 2.24) is 0 Å². The van der Waals surface area contributed by atoms with Gasteiger partial charge in [-0.25, -0.2) is 0 Å². The van der Waals surface area contributed by atoms with Gasteiger partial charge in [0.15, 0.2) is 5.78 Å². The summed E-state index contributed by atoms with van der Waals surface area (Å²) >= 11 is 0. The number of aliphatic hydroxyl groups excluding tert-OH is 1. The number of nitrogens with zero attached hydrogens (tertiary/aromatic N) is 1. The maximum atomic E-state index is 12.8. The van der Waals surface area contributed by atoms with Crippen molar-refractivity contribution in [3.05, 3.63) is 77.6 Å². The van der Waals surface area contributed by atoms with Crippen LogP contribution in [0.25, 0.3) is 6.08 Å². The number of carbonyl (C=O) groups is 1. The van der Waals surface area contributed by atoms with Crippen LogP contribution in [0.4, 0.5) is 5.69 Å². The number of aliphatic imine (C=N–C) groups is 1. The maximum absolute atomic E-state index is 12.8. The Labute approximate surface area is 165 Å². The number of hydrogen-bond donors (Lipinski definition) is 1. The van der Waals surface area contributed by atoms with E-state index >= 15 is 0 Å². The minimum absolute atomic E-state index is 0.0448. The van der Waals surface area contributed by atoms with E-state index in [0.717, 1.165) is 17.0 Å². The first-order valence-electron chi connectivity index (χ1n) is 9.29. The van der Waals surface area contributed by atoms with Crippen molar-refractivity contribution in [2.24, 2.45) is 10.4 Å². The second-order valence-electron chi connectivity index (χ2n) is 7.70. The molecule has 1 N–H and O–H groups in total. The lowest BCUT2D eigenvalue weighted by Gasteiger charge is -2.31. The van der Waals surface area contributed by atoms with Gasteiger partial charge in [0.2, 0.25) is 0 Å². The van der Waals surface area contributed by atoms with Crippen LogP contribution in [0.2, 0.25) is 0 Å². The van der Waals surface area contributed by atoms with E-state index in [1.807, 2.05) is 68.4 Å². The van der Waals surface area contributed by atoms with Gasteiger partial charge in [0, 0.05) is 6.42 Å². The highest BCUT2D eigenvalue weighted by Gasteiger charge is 2.36. The van der Waals surface area contributed by atoms with Crippen LogP contribution < -0.4 is 4.74 Å². The number of allylic oxidation sites excluding steroid dienone is 2. The first-order valence-corrected chi connectivity index (χ1v) is 9.29. The Morgan fingerprint density at radius 3 is 2.39 bits per heavy atom. The molecule has 1 saturated carbocycles. The van der Waals surface area contributed by atoms with Crippen molar-refractivity contribution in [2.75, 3.05) is 7.11 Å². The molecule has 0 heterocycles. The van der Waals surface area contributed by atoms with Crippen molar-refractivity contribution in [2.45, 2.75) is 26.7 Å². The Morgan fingerprint density at radius 2 is 1.75 bits per heavy atom. The fourth-order valence-corrected chi connectivity index (χ4v) is 3.31. The highest BCUT2D eigenvalue weighted by atomic mass is 16.5. The lowest BCUT2D eigenvalue weighted by Crippen LogP contribution is -2.32. The van der Waals surface area contributed by atoms with Gasteiger partial charge in [0.25, 0.3) is 0 Å². The second-order valence-corrected chi connectivity index (χ2v) is 7.70. The zero-order valence-electron chi connectivity index (χ0n) is 16.5. The minimum atomic E-state index is -0.199. The van der Waals surface area contributed by atoms with E-state index in [2.05, 4.69) is 4.99 Å². The lowest BCUT2D eigenvalue weighted by atomic mass is 9.73. The number of hydrogen-bond acceptors (Lipinski definition) is 4. The van der Waals surface area contributed by atoms with Gasteiger partial charge in [-0.1, -0.05) is 50.3 Å². The van der Waals surface area contributed by atoms with Crippen LogP contribution in [-0.2, 0) is 4.79 Å². The van der Waals surface area contributed by atoms with Crippen LogP contribution in [0.3, 0.4) is 0 Å². The molecule has 4 nitrogen and oxygen atoms in total. The largest absolute Gasteiger partial charge is 0.507 e. The molecule has 0 unspecified atom stereocenters. The summed E-state index contributed by atoms with van der Waals surface area (Å²) in [5, 5.41) is 10.7. The number of ether oxygens (including phenoxy) is 1. The van der Waals surface area contributed by atoms with Gasteiger partial charge in [-0.15, -0.1) is 0 Å². The van der Waals surface area contributed by atoms with Crippen LogP contribution in [0, 0.1) is 5.41 Å². The zero-order valence-corrected chi connectivity index (χ0v) is 16.5. The third kappa shape index (κ3) is 4.77. The van der Waals surface area contributed by atoms with Crippen LogP contribution in [0.5, 0.6) is 5.75 Å². The molecule has 1 fully saturated rings. The second kappa shape index (κ2) is 8.26. The number of ketones is 1. The fourth-order valence-electron chi connectivity index (χ4n) is 3.31. The van der Waals surface area contributed by atoms with Gasteiger partial charge in [-0.2, -0.15) is 0 Å². The molecular formula is C24H25NO3. The molecule has 0 amide bonds. The summed E-state index contributed by atoms with van der Waals surface area (Å²) in [7, 11) is 1.61. The smallest absolute Gasteiger partial charge is 0.168 e. The molecule has 0 saturated heterocycles. The highest BCUT2D eigenvalue weighted by Crippen LogP contribution is 2.36.